The number of nitrogens with zero attached hydrogens (tertiary/aromatic N) is 1. The topological polar surface area (TPSA) is 30.0 Å². The number of hydrogen-bond donors (Lipinski definition) is 0. The van der Waals surface area contributed by atoms with E-state index in [0.717, 1.165) is 5.39 Å². The molecule has 0 saturated heterocycles. The monoisotopic (exact) mass is 265 g/mol. The molecule has 20 heavy (non-hydrogen) atoms. The van der Waals surface area contributed by atoms with Crippen LogP contribution in [0.25, 0.3) is 10.9 Å². The van der Waals surface area contributed by atoms with Crippen molar-refractivity contribution in [3.05, 3.63) is 77.7 Å². The number of hydrogen-bond acceptors (Lipinski definition) is 2. The van der Waals surface area contributed by atoms with E-state index in [0.29, 0.717) is 16.6 Å². The Bertz CT molecular complexity index is 777. The van der Waals surface area contributed by atoms with E-state index in [-0.39, 0.29) is 18.0 Å². The van der Waals surface area contributed by atoms with Gasteiger partial charge in [-0.1, -0.05) is 36.4 Å². The SMILES string of the molecule is O=C(Cc1ccccc1F)c1cccc2cccnc12. The van der Waals surface area contributed by atoms with Crippen molar-refractivity contribution in [2.45, 2.75) is 6.42 Å². The number of aromatic nitrogens is 1. The van der Waals surface area contributed by atoms with Crippen LogP contribution in [0, 0.1) is 5.82 Å². The summed E-state index contributed by atoms with van der Waals surface area (Å²) in [7, 11) is 0. The van der Waals surface area contributed by atoms with Crippen molar-refractivity contribution >= 4 is 16.7 Å². The molecule has 0 aliphatic rings. The van der Waals surface area contributed by atoms with Gasteiger partial charge in [-0.3, -0.25) is 9.78 Å². The van der Waals surface area contributed by atoms with Crippen molar-refractivity contribution in [1.82, 2.24) is 4.98 Å². The van der Waals surface area contributed by atoms with Gasteiger partial charge < -0.3 is 0 Å². The lowest BCUT2D eigenvalue weighted by molar-refractivity contribution is 0.0993. The molecule has 0 unspecified atom stereocenters. The number of carbonyl (C=O) groups excluding carboxylic acids is 1. The molecular formula is C17H12FNO. The highest BCUT2D eigenvalue weighted by Gasteiger charge is 2.13. The molecule has 3 aromatic rings. The number of carbonyl (C=O) groups is 1. The Labute approximate surface area is 115 Å². The zero-order valence-electron chi connectivity index (χ0n) is 10.7. The minimum Gasteiger partial charge on any atom is -0.294 e. The second kappa shape index (κ2) is 5.21. The van der Waals surface area contributed by atoms with Crippen LogP contribution in [0.3, 0.4) is 0 Å². The van der Waals surface area contributed by atoms with Crippen LogP contribution in [0.1, 0.15) is 15.9 Å². The summed E-state index contributed by atoms with van der Waals surface area (Å²) >= 11 is 0. The molecule has 2 nitrogen and oxygen atoms in total. The van der Waals surface area contributed by atoms with Crippen LogP contribution in [0.15, 0.2) is 60.8 Å². The summed E-state index contributed by atoms with van der Waals surface area (Å²) in [5.41, 5.74) is 1.60. The molecule has 3 heteroatoms. The lowest BCUT2D eigenvalue weighted by Crippen LogP contribution is -2.06. The van der Waals surface area contributed by atoms with E-state index in [1.165, 1.54) is 6.07 Å². The standard InChI is InChI=1S/C17H12FNO/c18-15-9-2-1-5-13(15)11-16(20)14-8-3-6-12-7-4-10-19-17(12)14/h1-10H,11H2. The van der Waals surface area contributed by atoms with Gasteiger partial charge in [0.2, 0.25) is 0 Å². The van der Waals surface area contributed by atoms with E-state index in [9.17, 15) is 9.18 Å². The molecule has 0 spiro atoms. The van der Waals surface area contributed by atoms with Gasteiger partial charge in [0.25, 0.3) is 0 Å². The maximum Gasteiger partial charge on any atom is 0.169 e. The van der Waals surface area contributed by atoms with Crippen LogP contribution in [0.2, 0.25) is 0 Å². The van der Waals surface area contributed by atoms with Gasteiger partial charge >= 0.3 is 0 Å². The van der Waals surface area contributed by atoms with Crippen LogP contribution in [-0.4, -0.2) is 10.8 Å². The van der Waals surface area contributed by atoms with Gasteiger partial charge in [0.1, 0.15) is 5.82 Å². The fraction of sp³-hybridized carbons (Fsp3) is 0.0588. The summed E-state index contributed by atoms with van der Waals surface area (Å²) in [6.45, 7) is 0. The molecule has 2 aromatic carbocycles. The lowest BCUT2D eigenvalue weighted by Gasteiger charge is -2.05. The summed E-state index contributed by atoms with van der Waals surface area (Å²) in [6, 6.07) is 15.5. The van der Waals surface area contributed by atoms with E-state index in [2.05, 4.69) is 4.98 Å². The van der Waals surface area contributed by atoms with Crippen LogP contribution in [-0.2, 0) is 6.42 Å². The number of pyridine rings is 1. The highest BCUT2D eigenvalue weighted by molar-refractivity contribution is 6.07. The third kappa shape index (κ3) is 2.30. The van der Waals surface area contributed by atoms with Crippen molar-refractivity contribution in [3.8, 4) is 0 Å². The molecule has 1 aromatic heterocycles. The van der Waals surface area contributed by atoms with E-state index < -0.39 is 0 Å². The fourth-order valence-corrected chi connectivity index (χ4v) is 2.24. The number of fused-ring (bicyclic) bond motifs is 1. The van der Waals surface area contributed by atoms with Crippen LogP contribution >= 0.6 is 0 Å². The zero-order chi connectivity index (χ0) is 13.9. The summed E-state index contributed by atoms with van der Waals surface area (Å²) < 4.78 is 13.6. The number of para-hydroxylation sites is 1. The average Bonchev–Trinajstić information content (AvgIpc) is 2.49. The largest absolute Gasteiger partial charge is 0.294 e. The van der Waals surface area contributed by atoms with Gasteiger partial charge in [-0.2, -0.15) is 0 Å². The molecule has 0 aliphatic carbocycles. The molecule has 0 fully saturated rings. The summed E-state index contributed by atoms with van der Waals surface area (Å²) in [5, 5.41) is 0.909. The minimum absolute atomic E-state index is 0.0440. The Hall–Kier alpha value is -2.55. The van der Waals surface area contributed by atoms with Crippen molar-refractivity contribution in [2.75, 3.05) is 0 Å². The van der Waals surface area contributed by atoms with Gasteiger partial charge in [-0.25, -0.2) is 4.39 Å². The predicted molar refractivity (Wildman–Crippen MR) is 76.2 cm³/mol. The number of ketones is 1. The second-order valence-electron chi connectivity index (χ2n) is 4.57. The molecule has 0 bridgehead atoms. The van der Waals surface area contributed by atoms with E-state index in [1.807, 2.05) is 24.3 Å². The van der Waals surface area contributed by atoms with Crippen molar-refractivity contribution in [3.63, 3.8) is 0 Å². The number of halogens is 1. The van der Waals surface area contributed by atoms with Crippen LogP contribution < -0.4 is 0 Å². The van der Waals surface area contributed by atoms with Gasteiger partial charge in [0, 0.05) is 23.6 Å². The molecule has 0 N–H and O–H groups in total. The zero-order valence-corrected chi connectivity index (χ0v) is 10.7. The van der Waals surface area contributed by atoms with Crippen LogP contribution in [0.5, 0.6) is 0 Å². The predicted octanol–water partition coefficient (Wildman–Crippen LogP) is 3.80. The smallest absolute Gasteiger partial charge is 0.169 e. The number of Topliss-reactive ketones (excluding diaryl/α,β-unsaturated/α-hetero) is 1. The van der Waals surface area contributed by atoms with Crippen molar-refractivity contribution in [2.24, 2.45) is 0 Å². The Kier molecular flexibility index (Phi) is 3.25. The summed E-state index contributed by atoms with van der Waals surface area (Å²) in [6.07, 6.45) is 1.70. The van der Waals surface area contributed by atoms with Gasteiger partial charge in [-0.05, 0) is 23.8 Å². The first-order valence-corrected chi connectivity index (χ1v) is 6.36. The molecule has 0 atom stereocenters. The third-order valence-electron chi connectivity index (χ3n) is 3.24. The van der Waals surface area contributed by atoms with Gasteiger partial charge in [0.05, 0.1) is 5.52 Å². The minimum atomic E-state index is -0.353. The van der Waals surface area contributed by atoms with E-state index in [1.54, 1.807) is 30.5 Å². The fourth-order valence-electron chi connectivity index (χ4n) is 2.24. The molecule has 0 saturated carbocycles. The lowest BCUT2D eigenvalue weighted by atomic mass is 10.00. The first-order chi connectivity index (χ1) is 9.75. The third-order valence-corrected chi connectivity index (χ3v) is 3.24. The molecule has 0 amide bonds. The molecule has 1 heterocycles. The van der Waals surface area contributed by atoms with Gasteiger partial charge in [0.15, 0.2) is 5.78 Å². The quantitative estimate of drug-likeness (QED) is 0.674. The molecule has 0 aliphatic heterocycles. The first kappa shape index (κ1) is 12.5. The maximum absolute atomic E-state index is 13.6. The van der Waals surface area contributed by atoms with E-state index >= 15 is 0 Å². The van der Waals surface area contributed by atoms with Crippen molar-refractivity contribution < 1.29 is 9.18 Å². The van der Waals surface area contributed by atoms with Crippen molar-refractivity contribution in [1.29, 1.82) is 0 Å². The summed E-state index contributed by atoms with van der Waals surface area (Å²) in [4.78, 5) is 16.6. The number of rotatable bonds is 3. The Morgan fingerprint density at radius 3 is 2.65 bits per heavy atom. The highest BCUT2D eigenvalue weighted by atomic mass is 19.1. The van der Waals surface area contributed by atoms with E-state index in [4.69, 9.17) is 0 Å². The van der Waals surface area contributed by atoms with Gasteiger partial charge in [-0.15, -0.1) is 0 Å². The second-order valence-corrected chi connectivity index (χ2v) is 4.57. The Balaban J connectivity index is 1.99. The molecular weight excluding hydrogens is 253 g/mol. The highest BCUT2D eigenvalue weighted by Crippen LogP contribution is 2.18. The Morgan fingerprint density at radius 2 is 1.80 bits per heavy atom. The molecule has 0 radical (unpaired) electrons. The molecule has 98 valence electrons. The van der Waals surface area contributed by atoms with Crippen LogP contribution in [0.4, 0.5) is 4.39 Å². The average molecular weight is 265 g/mol. The first-order valence-electron chi connectivity index (χ1n) is 6.36. The molecule has 3 rings (SSSR count). The number of benzene rings is 2. The Morgan fingerprint density at radius 1 is 1.00 bits per heavy atom. The normalized spacial score (nSPS) is 10.7. The summed E-state index contributed by atoms with van der Waals surface area (Å²) in [5.74, 6) is -0.478. The maximum atomic E-state index is 13.6.